The summed E-state index contributed by atoms with van der Waals surface area (Å²) in [6.07, 6.45) is 5.77. The Hall–Kier alpha value is -3.46. The summed E-state index contributed by atoms with van der Waals surface area (Å²) in [5, 5.41) is 3.48. The van der Waals surface area contributed by atoms with Gasteiger partial charge in [-0.2, -0.15) is 0 Å². The normalized spacial score (nSPS) is 18.5. The zero-order chi connectivity index (χ0) is 21.5. The molecule has 1 unspecified atom stereocenters. The average molecular weight is 429 g/mol. The van der Waals surface area contributed by atoms with E-state index in [2.05, 4.69) is 70.5 Å². The Balaban J connectivity index is 1.31. The SMILES string of the molecule is CC1NNc2cc(-c3cn4ccnc4c(Nc4ccc([NH+]5CCOCC5)cc4)n3)ccc21. The minimum Gasteiger partial charge on any atom is -0.370 e. The number of hydrazine groups is 1. The number of ether oxygens (including phenoxy) is 1. The maximum atomic E-state index is 5.48. The van der Waals surface area contributed by atoms with Gasteiger partial charge in [-0.15, -0.1) is 0 Å². The number of aromatic nitrogens is 3. The van der Waals surface area contributed by atoms with Gasteiger partial charge in [0.1, 0.15) is 18.8 Å². The molecule has 0 radical (unpaired) electrons. The first-order chi connectivity index (χ1) is 15.7. The highest BCUT2D eigenvalue weighted by atomic mass is 16.5. The molecule has 0 saturated carbocycles. The fraction of sp³-hybridized carbons (Fsp3) is 0.250. The molecule has 162 valence electrons. The van der Waals surface area contributed by atoms with E-state index >= 15 is 0 Å². The first kappa shape index (κ1) is 19.2. The van der Waals surface area contributed by atoms with Crippen molar-refractivity contribution in [2.45, 2.75) is 13.0 Å². The molecule has 0 spiro atoms. The van der Waals surface area contributed by atoms with Crippen molar-refractivity contribution < 1.29 is 9.64 Å². The Labute approximate surface area is 186 Å². The van der Waals surface area contributed by atoms with Gasteiger partial charge < -0.3 is 19.9 Å². The van der Waals surface area contributed by atoms with Crippen molar-refractivity contribution in [2.24, 2.45) is 0 Å². The lowest BCUT2D eigenvalue weighted by Gasteiger charge is -2.23. The molecule has 2 aliphatic rings. The third kappa shape index (κ3) is 3.48. The van der Waals surface area contributed by atoms with Crippen LogP contribution in [0.1, 0.15) is 18.5 Å². The van der Waals surface area contributed by atoms with Crippen molar-refractivity contribution in [3.8, 4) is 11.3 Å². The van der Waals surface area contributed by atoms with Gasteiger partial charge in [-0.25, -0.2) is 15.4 Å². The first-order valence-electron chi connectivity index (χ1n) is 11.0. The number of anilines is 3. The number of nitrogens with zero attached hydrogens (tertiary/aromatic N) is 3. The van der Waals surface area contributed by atoms with Crippen LogP contribution >= 0.6 is 0 Å². The van der Waals surface area contributed by atoms with Gasteiger partial charge in [0.25, 0.3) is 0 Å². The molecule has 1 fully saturated rings. The van der Waals surface area contributed by atoms with Crippen molar-refractivity contribution in [3.63, 3.8) is 0 Å². The lowest BCUT2D eigenvalue weighted by atomic mass is 10.0. The first-order valence-corrected chi connectivity index (χ1v) is 11.0. The Kier molecular flexibility index (Phi) is 4.75. The van der Waals surface area contributed by atoms with Crippen LogP contribution in [0.15, 0.2) is 61.1 Å². The summed E-state index contributed by atoms with van der Waals surface area (Å²) >= 11 is 0. The maximum Gasteiger partial charge on any atom is 0.180 e. The van der Waals surface area contributed by atoms with E-state index in [9.17, 15) is 0 Å². The highest BCUT2D eigenvalue weighted by molar-refractivity contribution is 5.75. The second kappa shape index (κ2) is 7.90. The van der Waals surface area contributed by atoms with Gasteiger partial charge >= 0.3 is 0 Å². The largest absolute Gasteiger partial charge is 0.370 e. The Morgan fingerprint density at radius 1 is 1.12 bits per heavy atom. The fourth-order valence-corrected chi connectivity index (χ4v) is 4.45. The van der Waals surface area contributed by atoms with Crippen molar-refractivity contribution >= 4 is 28.5 Å². The number of morpholine rings is 1. The lowest BCUT2D eigenvalue weighted by Crippen LogP contribution is -3.09. The monoisotopic (exact) mass is 428 g/mol. The van der Waals surface area contributed by atoms with Crippen LogP contribution in [-0.4, -0.2) is 40.7 Å². The molecule has 8 nitrogen and oxygen atoms in total. The predicted molar refractivity (Wildman–Crippen MR) is 124 cm³/mol. The van der Waals surface area contributed by atoms with E-state index in [4.69, 9.17) is 9.72 Å². The van der Waals surface area contributed by atoms with Crippen LogP contribution in [-0.2, 0) is 4.74 Å². The Bertz CT molecular complexity index is 1260. The number of benzene rings is 2. The molecule has 1 saturated heterocycles. The second-order valence-corrected chi connectivity index (χ2v) is 8.34. The molecule has 2 aromatic carbocycles. The molecular formula is C24H26N7O+. The number of nitrogens with one attached hydrogen (secondary N) is 4. The van der Waals surface area contributed by atoms with Crippen LogP contribution in [0.5, 0.6) is 0 Å². The quantitative estimate of drug-likeness (QED) is 0.400. The van der Waals surface area contributed by atoms with Crippen LogP contribution in [0.4, 0.5) is 22.9 Å². The smallest absolute Gasteiger partial charge is 0.180 e. The molecule has 6 rings (SSSR count). The number of hydrogen-bond donors (Lipinski definition) is 4. The molecule has 1 atom stereocenters. The number of rotatable bonds is 4. The summed E-state index contributed by atoms with van der Waals surface area (Å²) < 4.78 is 7.49. The minimum absolute atomic E-state index is 0.294. The van der Waals surface area contributed by atoms with Gasteiger partial charge in [-0.3, -0.25) is 4.90 Å². The molecular weight excluding hydrogens is 402 g/mol. The predicted octanol–water partition coefficient (Wildman–Crippen LogP) is 2.68. The minimum atomic E-state index is 0.294. The average Bonchev–Trinajstić information content (AvgIpc) is 3.47. The number of quaternary nitrogens is 1. The van der Waals surface area contributed by atoms with Crippen molar-refractivity contribution in [1.82, 2.24) is 19.8 Å². The van der Waals surface area contributed by atoms with Gasteiger partial charge in [0, 0.05) is 42.0 Å². The lowest BCUT2D eigenvalue weighted by molar-refractivity contribution is -0.842. The summed E-state index contributed by atoms with van der Waals surface area (Å²) in [6.45, 7) is 5.79. The highest BCUT2D eigenvalue weighted by Crippen LogP contribution is 2.33. The zero-order valence-corrected chi connectivity index (χ0v) is 17.9. The second-order valence-electron chi connectivity index (χ2n) is 8.34. The van der Waals surface area contributed by atoms with E-state index in [1.165, 1.54) is 16.2 Å². The molecule has 2 aliphatic heterocycles. The van der Waals surface area contributed by atoms with Crippen LogP contribution < -0.4 is 21.1 Å². The molecule has 2 aromatic heterocycles. The molecule has 8 heteroatoms. The van der Waals surface area contributed by atoms with E-state index in [1.54, 1.807) is 6.20 Å². The van der Waals surface area contributed by atoms with Crippen molar-refractivity contribution in [1.29, 1.82) is 0 Å². The Morgan fingerprint density at radius 2 is 1.97 bits per heavy atom. The summed E-state index contributed by atoms with van der Waals surface area (Å²) in [7, 11) is 0. The molecule has 4 heterocycles. The zero-order valence-electron chi connectivity index (χ0n) is 17.9. The highest BCUT2D eigenvalue weighted by Gasteiger charge is 2.19. The van der Waals surface area contributed by atoms with Gasteiger partial charge in [0.05, 0.1) is 30.6 Å². The van der Waals surface area contributed by atoms with Gasteiger partial charge in [0.15, 0.2) is 11.5 Å². The van der Waals surface area contributed by atoms with E-state index in [-0.39, 0.29) is 0 Å². The van der Waals surface area contributed by atoms with Crippen LogP contribution in [0.2, 0.25) is 0 Å². The van der Waals surface area contributed by atoms with Gasteiger partial charge in [0.2, 0.25) is 0 Å². The number of imidazole rings is 1. The topological polar surface area (TPSA) is 80.0 Å². The van der Waals surface area contributed by atoms with E-state index in [0.717, 1.165) is 60.4 Å². The summed E-state index contributed by atoms with van der Waals surface area (Å²) in [4.78, 5) is 10.9. The standard InChI is InChI=1S/C24H25N7O/c1-16-20-7-2-17(14-21(20)29-28-16)22-15-31-9-8-25-24(31)23(27-22)26-18-3-5-19(6-4-18)30-10-12-32-13-11-30/h2-9,14-16,28-29H,10-13H2,1H3,(H,26,27)/p+1. The molecule has 0 aliphatic carbocycles. The van der Waals surface area contributed by atoms with E-state index in [0.29, 0.717) is 6.04 Å². The molecule has 0 bridgehead atoms. The fourth-order valence-electron chi connectivity index (χ4n) is 4.45. The molecule has 4 N–H and O–H groups in total. The van der Waals surface area contributed by atoms with Crippen molar-refractivity contribution in [3.05, 3.63) is 66.6 Å². The Morgan fingerprint density at radius 3 is 2.81 bits per heavy atom. The summed E-state index contributed by atoms with van der Waals surface area (Å²) in [5.41, 5.74) is 13.9. The van der Waals surface area contributed by atoms with Crippen LogP contribution in [0.25, 0.3) is 16.9 Å². The number of fused-ring (bicyclic) bond motifs is 2. The van der Waals surface area contributed by atoms with Gasteiger partial charge in [-0.1, -0.05) is 12.1 Å². The third-order valence-electron chi connectivity index (χ3n) is 6.27. The van der Waals surface area contributed by atoms with Crippen LogP contribution in [0, 0.1) is 0 Å². The number of hydrogen-bond acceptors (Lipinski definition) is 6. The third-order valence-corrected chi connectivity index (χ3v) is 6.27. The molecule has 4 aromatic rings. The molecule has 32 heavy (non-hydrogen) atoms. The summed E-state index contributed by atoms with van der Waals surface area (Å²) in [6, 6.07) is 15.3. The summed E-state index contributed by atoms with van der Waals surface area (Å²) in [5.74, 6) is 0.735. The van der Waals surface area contributed by atoms with Gasteiger partial charge in [-0.05, 0) is 30.7 Å². The van der Waals surface area contributed by atoms with E-state index in [1.807, 2.05) is 16.8 Å². The molecule has 0 amide bonds. The maximum absolute atomic E-state index is 5.48. The van der Waals surface area contributed by atoms with Crippen molar-refractivity contribution in [2.75, 3.05) is 37.0 Å². The van der Waals surface area contributed by atoms with Crippen LogP contribution in [0.3, 0.4) is 0 Å². The van der Waals surface area contributed by atoms with E-state index < -0.39 is 0 Å².